The van der Waals surface area contributed by atoms with Crippen molar-refractivity contribution in [3.8, 4) is 5.75 Å². The molecule has 2 atom stereocenters. The topological polar surface area (TPSA) is 50.8 Å². The molecule has 4 rings (SSSR count). The number of ether oxygens (including phenoxy) is 2. The molecule has 1 aromatic carbocycles. The number of thiophene rings is 1. The number of para-hydroxylation sites is 1. The van der Waals surface area contributed by atoms with Gasteiger partial charge in [0, 0.05) is 18.0 Å². The smallest absolute Gasteiger partial charge is 0.255 e. The summed E-state index contributed by atoms with van der Waals surface area (Å²) in [5.74, 6) is 1.34. The van der Waals surface area contributed by atoms with E-state index < -0.39 is 0 Å². The first kappa shape index (κ1) is 21.3. The fourth-order valence-corrected chi connectivity index (χ4v) is 5.11. The number of rotatable bonds is 8. The number of benzene rings is 1. The van der Waals surface area contributed by atoms with Crippen molar-refractivity contribution in [3.05, 3.63) is 52.2 Å². The second-order valence-corrected chi connectivity index (χ2v) is 9.38. The lowest BCUT2D eigenvalue weighted by atomic mass is 9.97. The third-order valence-electron chi connectivity index (χ3n) is 6.17. The van der Waals surface area contributed by atoms with Gasteiger partial charge in [-0.15, -0.1) is 11.3 Å². The quantitative estimate of drug-likeness (QED) is 0.672. The molecular formula is C24H32N2O3S. The molecule has 2 saturated heterocycles. The van der Waals surface area contributed by atoms with Gasteiger partial charge in [0.15, 0.2) is 0 Å². The van der Waals surface area contributed by atoms with E-state index in [1.54, 1.807) is 11.3 Å². The molecule has 1 aromatic heterocycles. The van der Waals surface area contributed by atoms with Crippen LogP contribution in [0, 0.1) is 5.92 Å². The van der Waals surface area contributed by atoms with Gasteiger partial charge in [0.2, 0.25) is 0 Å². The number of hydrogen-bond donors (Lipinski definition) is 1. The molecule has 2 aliphatic rings. The predicted molar refractivity (Wildman–Crippen MR) is 120 cm³/mol. The Morgan fingerprint density at radius 1 is 1.23 bits per heavy atom. The molecule has 2 unspecified atom stereocenters. The standard InChI is InChI=1S/C24H32N2O3S/c1-18-10-12-26(13-11-18)21(23-9-5-15-30-23)16-25-24(27)20-7-2-3-8-22(20)29-17-19-6-4-14-28-19/h2-3,5,7-9,15,18-19,21H,4,6,10-14,16-17H2,1H3,(H,25,27). The van der Waals surface area contributed by atoms with Crippen LogP contribution in [0.25, 0.3) is 0 Å². The number of carbonyl (C=O) groups excluding carboxylic acids is 1. The van der Waals surface area contributed by atoms with E-state index in [9.17, 15) is 4.79 Å². The number of carbonyl (C=O) groups is 1. The van der Waals surface area contributed by atoms with Crippen molar-refractivity contribution in [2.45, 2.75) is 44.8 Å². The van der Waals surface area contributed by atoms with Crippen LogP contribution in [0.5, 0.6) is 5.75 Å². The third kappa shape index (κ3) is 5.42. The molecule has 2 aromatic rings. The minimum Gasteiger partial charge on any atom is -0.490 e. The summed E-state index contributed by atoms with van der Waals surface area (Å²) in [6.07, 6.45) is 4.66. The Labute approximate surface area is 183 Å². The SMILES string of the molecule is CC1CCN(C(CNC(=O)c2ccccc2OCC2CCCO2)c2cccs2)CC1. The zero-order valence-corrected chi connectivity index (χ0v) is 18.5. The van der Waals surface area contributed by atoms with Gasteiger partial charge in [-0.25, -0.2) is 0 Å². The van der Waals surface area contributed by atoms with E-state index in [-0.39, 0.29) is 18.1 Å². The summed E-state index contributed by atoms with van der Waals surface area (Å²) in [5.41, 5.74) is 0.590. The van der Waals surface area contributed by atoms with Crippen molar-refractivity contribution in [3.63, 3.8) is 0 Å². The molecule has 1 N–H and O–H groups in total. The van der Waals surface area contributed by atoms with Gasteiger partial charge in [-0.1, -0.05) is 25.1 Å². The largest absolute Gasteiger partial charge is 0.490 e. The molecular weight excluding hydrogens is 396 g/mol. The first-order valence-electron chi connectivity index (χ1n) is 11.1. The Balaban J connectivity index is 1.39. The van der Waals surface area contributed by atoms with Crippen LogP contribution in [0.2, 0.25) is 0 Å². The summed E-state index contributed by atoms with van der Waals surface area (Å²) in [7, 11) is 0. The van der Waals surface area contributed by atoms with Crippen LogP contribution in [0.4, 0.5) is 0 Å². The van der Waals surface area contributed by atoms with Crippen molar-refractivity contribution in [1.29, 1.82) is 0 Å². The van der Waals surface area contributed by atoms with Crippen LogP contribution in [0.1, 0.15) is 53.9 Å². The van der Waals surface area contributed by atoms with Crippen molar-refractivity contribution >= 4 is 17.2 Å². The summed E-state index contributed by atoms with van der Waals surface area (Å²) in [5, 5.41) is 5.30. The monoisotopic (exact) mass is 428 g/mol. The average molecular weight is 429 g/mol. The minimum absolute atomic E-state index is 0.0788. The van der Waals surface area contributed by atoms with Crippen LogP contribution in [0.15, 0.2) is 41.8 Å². The Kier molecular flexibility index (Phi) is 7.42. The molecule has 0 bridgehead atoms. The van der Waals surface area contributed by atoms with Gasteiger partial charge in [-0.2, -0.15) is 0 Å². The zero-order chi connectivity index (χ0) is 20.8. The summed E-state index contributed by atoms with van der Waals surface area (Å²) >= 11 is 1.77. The highest BCUT2D eigenvalue weighted by Crippen LogP contribution is 2.29. The Hall–Kier alpha value is -1.89. The lowest BCUT2D eigenvalue weighted by Crippen LogP contribution is -2.41. The number of nitrogens with one attached hydrogen (secondary N) is 1. The van der Waals surface area contributed by atoms with E-state index in [4.69, 9.17) is 9.47 Å². The Morgan fingerprint density at radius 2 is 2.07 bits per heavy atom. The normalized spacial score (nSPS) is 21.4. The summed E-state index contributed by atoms with van der Waals surface area (Å²) in [6, 6.07) is 12.0. The molecule has 2 fully saturated rings. The second kappa shape index (κ2) is 10.4. The van der Waals surface area contributed by atoms with Crippen molar-refractivity contribution in [2.24, 2.45) is 5.92 Å². The molecule has 0 saturated carbocycles. The van der Waals surface area contributed by atoms with E-state index in [1.807, 2.05) is 24.3 Å². The van der Waals surface area contributed by atoms with E-state index in [2.05, 4.69) is 34.7 Å². The number of piperidine rings is 1. The molecule has 1 amide bonds. The van der Waals surface area contributed by atoms with Gasteiger partial charge in [-0.3, -0.25) is 9.69 Å². The minimum atomic E-state index is -0.0788. The van der Waals surface area contributed by atoms with Gasteiger partial charge in [0.05, 0.1) is 17.7 Å². The molecule has 2 aliphatic heterocycles. The van der Waals surface area contributed by atoms with Gasteiger partial charge >= 0.3 is 0 Å². The molecule has 6 heteroatoms. The first-order chi connectivity index (χ1) is 14.7. The van der Waals surface area contributed by atoms with Crippen molar-refractivity contribution in [2.75, 3.05) is 32.8 Å². The Bertz CT molecular complexity index is 797. The number of likely N-dealkylation sites (tertiary alicyclic amines) is 1. The van der Waals surface area contributed by atoms with Crippen LogP contribution < -0.4 is 10.1 Å². The van der Waals surface area contributed by atoms with Crippen LogP contribution in [-0.4, -0.2) is 49.8 Å². The average Bonchev–Trinajstić information content (AvgIpc) is 3.48. The molecule has 0 spiro atoms. The van der Waals surface area contributed by atoms with Crippen LogP contribution in [0.3, 0.4) is 0 Å². The van der Waals surface area contributed by atoms with Crippen LogP contribution >= 0.6 is 11.3 Å². The predicted octanol–water partition coefficient (Wildman–Crippen LogP) is 4.51. The molecule has 0 aliphatic carbocycles. The van der Waals surface area contributed by atoms with E-state index in [1.165, 1.54) is 17.7 Å². The highest BCUT2D eigenvalue weighted by molar-refractivity contribution is 7.10. The fraction of sp³-hybridized carbons (Fsp3) is 0.542. The maximum absolute atomic E-state index is 13.0. The number of hydrogen-bond acceptors (Lipinski definition) is 5. The van der Waals surface area contributed by atoms with E-state index in [0.717, 1.165) is 38.5 Å². The van der Waals surface area contributed by atoms with Gasteiger partial charge in [0.25, 0.3) is 5.91 Å². The molecule has 162 valence electrons. The lowest BCUT2D eigenvalue weighted by Gasteiger charge is -2.36. The summed E-state index contributed by atoms with van der Waals surface area (Å²) in [6.45, 7) is 6.39. The second-order valence-electron chi connectivity index (χ2n) is 8.40. The van der Waals surface area contributed by atoms with E-state index >= 15 is 0 Å². The highest BCUT2D eigenvalue weighted by Gasteiger charge is 2.26. The zero-order valence-electron chi connectivity index (χ0n) is 17.7. The number of nitrogens with zero attached hydrogens (tertiary/aromatic N) is 1. The molecule has 0 radical (unpaired) electrons. The summed E-state index contributed by atoms with van der Waals surface area (Å²) < 4.78 is 11.6. The van der Waals surface area contributed by atoms with E-state index in [0.29, 0.717) is 24.5 Å². The van der Waals surface area contributed by atoms with Crippen LogP contribution in [-0.2, 0) is 4.74 Å². The highest BCUT2D eigenvalue weighted by atomic mass is 32.1. The first-order valence-corrected chi connectivity index (χ1v) is 12.0. The summed E-state index contributed by atoms with van der Waals surface area (Å²) in [4.78, 5) is 16.9. The molecule has 30 heavy (non-hydrogen) atoms. The van der Waals surface area contributed by atoms with Gasteiger partial charge in [0.1, 0.15) is 12.4 Å². The maximum atomic E-state index is 13.0. The Morgan fingerprint density at radius 3 is 2.80 bits per heavy atom. The number of amides is 1. The molecule has 3 heterocycles. The van der Waals surface area contributed by atoms with Gasteiger partial charge in [-0.05, 0) is 68.3 Å². The maximum Gasteiger partial charge on any atom is 0.255 e. The van der Waals surface area contributed by atoms with Crippen molar-refractivity contribution < 1.29 is 14.3 Å². The van der Waals surface area contributed by atoms with Gasteiger partial charge < -0.3 is 14.8 Å². The lowest BCUT2D eigenvalue weighted by molar-refractivity contribution is 0.0669. The fourth-order valence-electron chi connectivity index (χ4n) is 4.25. The third-order valence-corrected chi connectivity index (χ3v) is 7.14. The molecule has 5 nitrogen and oxygen atoms in total. The van der Waals surface area contributed by atoms with Crippen molar-refractivity contribution in [1.82, 2.24) is 10.2 Å².